The zero-order valence-corrected chi connectivity index (χ0v) is 23.4. The summed E-state index contributed by atoms with van der Waals surface area (Å²) in [7, 11) is -3.41. The number of unbranched alkanes of at least 4 members (excludes halogenated alkanes) is 3. The van der Waals surface area contributed by atoms with Gasteiger partial charge in [-0.2, -0.15) is 0 Å². The number of rotatable bonds is 12. The van der Waals surface area contributed by atoms with Crippen molar-refractivity contribution >= 4 is 28.5 Å². The Labute approximate surface area is 185 Å². The van der Waals surface area contributed by atoms with Crippen molar-refractivity contribution in [1.82, 2.24) is 0 Å². The quantitative estimate of drug-likeness (QED) is 0.149. The molecule has 0 aromatic carbocycles. The van der Waals surface area contributed by atoms with E-state index in [2.05, 4.69) is 33.8 Å². The Kier molecular flexibility index (Phi) is 10.1. The van der Waals surface area contributed by atoms with Gasteiger partial charge in [0.2, 0.25) is 0 Å². The van der Waals surface area contributed by atoms with E-state index in [9.17, 15) is 8.42 Å². The minimum absolute atomic E-state index is 0.0695. The molecule has 29 heavy (non-hydrogen) atoms. The molecule has 3 nitrogen and oxygen atoms in total. The molecule has 0 aliphatic heterocycles. The Hall–Kier alpha value is 0.449. The fourth-order valence-corrected chi connectivity index (χ4v) is 25.9. The molecule has 0 N–H and O–H groups in total. The Morgan fingerprint density at radius 1 is 1.07 bits per heavy atom. The van der Waals surface area contributed by atoms with Crippen LogP contribution in [0.4, 0.5) is 0 Å². The van der Waals surface area contributed by atoms with Crippen molar-refractivity contribution in [2.75, 3.05) is 6.26 Å². The van der Waals surface area contributed by atoms with E-state index in [0.29, 0.717) is 0 Å². The molecule has 2 aliphatic carbocycles. The first-order chi connectivity index (χ1) is 13.7. The van der Waals surface area contributed by atoms with Gasteiger partial charge in [0, 0.05) is 0 Å². The molecule has 0 heterocycles. The van der Waals surface area contributed by atoms with Crippen LogP contribution in [0.25, 0.3) is 0 Å². The molecule has 2 rings (SSSR count). The standard InChI is InChI=1S/C12H19O3S.3C4H9.Sn/c1-10-5-8-12(9-6-10)7-3-4-11(12)15-16(2,13)14;3*1-3-4-2;/h3,5,11H,4,6-9H2,1-2H3;3*1,3-4H2,2H3;/t11-,12?;;;;/m0..../s1. The average Bonchev–Trinajstić information content (AvgIpc) is 3.01. The van der Waals surface area contributed by atoms with E-state index in [0.717, 1.165) is 29.6 Å². The van der Waals surface area contributed by atoms with Crippen LogP contribution in [0.3, 0.4) is 0 Å². The molecule has 0 saturated heterocycles. The van der Waals surface area contributed by atoms with Crippen molar-refractivity contribution in [1.29, 1.82) is 0 Å². The number of hydrogen-bond donors (Lipinski definition) is 0. The summed E-state index contributed by atoms with van der Waals surface area (Å²) in [5.41, 5.74) is 1.54. The third kappa shape index (κ3) is 6.97. The molecule has 3 atom stereocenters. The van der Waals surface area contributed by atoms with Crippen LogP contribution in [0.2, 0.25) is 17.2 Å². The zero-order chi connectivity index (χ0) is 21.5. The van der Waals surface area contributed by atoms with E-state index in [1.165, 1.54) is 70.1 Å². The Balaban J connectivity index is 2.36. The molecular weight excluding hydrogens is 487 g/mol. The number of hydrogen-bond acceptors (Lipinski definition) is 3. The summed E-state index contributed by atoms with van der Waals surface area (Å²) in [6.45, 7) is 9.21. The van der Waals surface area contributed by atoms with E-state index in [-0.39, 0.29) is 11.5 Å². The van der Waals surface area contributed by atoms with Gasteiger partial charge in [-0.05, 0) is 0 Å². The van der Waals surface area contributed by atoms with E-state index in [1.807, 2.05) is 0 Å². The van der Waals surface area contributed by atoms with Crippen LogP contribution in [0, 0.1) is 5.41 Å². The molecule has 0 radical (unpaired) electrons. The Morgan fingerprint density at radius 3 is 2.03 bits per heavy atom. The molecule has 2 aliphatic rings. The SMILES string of the molecule is CCC[CH2][Sn]([CH2]CCC)([CH2]CCC)[C@@H]1C[C@H](OS(C)(=O)=O)C2(CC=C(C)CC2)C1. The summed E-state index contributed by atoms with van der Waals surface area (Å²) in [6, 6.07) is 0. The first-order valence-electron chi connectivity index (χ1n) is 12.2. The van der Waals surface area contributed by atoms with Crippen molar-refractivity contribution in [3.63, 3.8) is 0 Å². The predicted octanol–water partition coefficient (Wildman–Crippen LogP) is 7.46. The minimum atomic E-state index is -3.41. The van der Waals surface area contributed by atoms with E-state index in [4.69, 9.17) is 4.18 Å². The molecule has 0 bridgehead atoms. The van der Waals surface area contributed by atoms with Gasteiger partial charge in [-0.25, -0.2) is 0 Å². The molecule has 170 valence electrons. The summed E-state index contributed by atoms with van der Waals surface area (Å²) in [4.78, 5) is 0. The van der Waals surface area contributed by atoms with Crippen LogP contribution < -0.4 is 0 Å². The fourth-order valence-electron chi connectivity index (χ4n) is 6.11. The summed E-state index contributed by atoms with van der Waals surface area (Å²) >= 11 is -2.40. The Bertz CT molecular complexity index is 621. The maximum absolute atomic E-state index is 12.1. The third-order valence-electron chi connectivity index (χ3n) is 7.95. The van der Waals surface area contributed by atoms with Gasteiger partial charge >= 0.3 is 186 Å². The van der Waals surface area contributed by atoms with Crippen LogP contribution in [0.1, 0.15) is 98.3 Å². The molecule has 0 aromatic heterocycles. The van der Waals surface area contributed by atoms with Crippen molar-refractivity contribution in [3.8, 4) is 0 Å². The molecule has 0 amide bonds. The zero-order valence-electron chi connectivity index (χ0n) is 19.8. The normalized spacial score (nSPS) is 28.1. The molecule has 0 aromatic rings. The second kappa shape index (κ2) is 11.4. The third-order valence-corrected chi connectivity index (χ3v) is 26.3. The molecular formula is C24H46O3SSn. The Morgan fingerprint density at radius 2 is 1.62 bits per heavy atom. The van der Waals surface area contributed by atoms with E-state index >= 15 is 0 Å². The topological polar surface area (TPSA) is 43.4 Å². The van der Waals surface area contributed by atoms with Gasteiger partial charge in [0.1, 0.15) is 0 Å². The van der Waals surface area contributed by atoms with Gasteiger partial charge in [-0.3, -0.25) is 0 Å². The van der Waals surface area contributed by atoms with Crippen LogP contribution in [0.5, 0.6) is 0 Å². The van der Waals surface area contributed by atoms with E-state index < -0.39 is 28.5 Å². The molecule has 1 fully saturated rings. The number of allylic oxidation sites excluding steroid dienone is 2. The van der Waals surface area contributed by atoms with Gasteiger partial charge in [-0.15, -0.1) is 0 Å². The van der Waals surface area contributed by atoms with Gasteiger partial charge in [0.05, 0.1) is 0 Å². The van der Waals surface area contributed by atoms with Crippen molar-refractivity contribution in [2.45, 2.75) is 122 Å². The van der Waals surface area contributed by atoms with Crippen molar-refractivity contribution in [3.05, 3.63) is 11.6 Å². The molecule has 1 unspecified atom stereocenters. The first-order valence-corrected chi connectivity index (χ1v) is 21.8. The van der Waals surface area contributed by atoms with Crippen LogP contribution in [0.15, 0.2) is 11.6 Å². The molecule has 1 spiro atoms. The van der Waals surface area contributed by atoms with Gasteiger partial charge < -0.3 is 0 Å². The van der Waals surface area contributed by atoms with Gasteiger partial charge in [0.25, 0.3) is 0 Å². The van der Waals surface area contributed by atoms with Crippen molar-refractivity contribution in [2.24, 2.45) is 5.41 Å². The second-order valence-corrected chi connectivity index (χ2v) is 26.2. The van der Waals surface area contributed by atoms with Gasteiger partial charge in [0.15, 0.2) is 0 Å². The van der Waals surface area contributed by atoms with Gasteiger partial charge in [-0.1, -0.05) is 0 Å². The first kappa shape index (κ1) is 25.7. The van der Waals surface area contributed by atoms with Crippen LogP contribution in [-0.2, 0) is 14.3 Å². The van der Waals surface area contributed by atoms with Crippen LogP contribution in [-0.4, -0.2) is 39.2 Å². The molecule has 5 heteroatoms. The summed E-state index contributed by atoms with van der Waals surface area (Å²) in [6.07, 6.45) is 17.1. The summed E-state index contributed by atoms with van der Waals surface area (Å²) in [5, 5.41) is 0. The fraction of sp³-hybridized carbons (Fsp3) is 0.917. The summed E-state index contributed by atoms with van der Waals surface area (Å²) in [5.74, 6) is 0. The predicted molar refractivity (Wildman–Crippen MR) is 128 cm³/mol. The van der Waals surface area contributed by atoms with E-state index in [1.54, 1.807) is 0 Å². The second-order valence-electron chi connectivity index (χ2n) is 10.2. The molecule has 1 saturated carbocycles. The monoisotopic (exact) mass is 534 g/mol. The average molecular weight is 533 g/mol. The van der Waals surface area contributed by atoms with Crippen molar-refractivity contribution < 1.29 is 12.6 Å². The van der Waals surface area contributed by atoms with Crippen LogP contribution >= 0.6 is 0 Å². The maximum atomic E-state index is 12.1. The summed E-state index contributed by atoms with van der Waals surface area (Å²) < 4.78 is 35.4.